The van der Waals surface area contributed by atoms with Gasteiger partial charge in [0.15, 0.2) is 11.8 Å². The van der Waals surface area contributed by atoms with E-state index in [1.807, 2.05) is 4.68 Å². The lowest BCUT2D eigenvalue weighted by molar-refractivity contribution is 0.177. The minimum atomic E-state index is 0. The molecule has 2 aromatic rings. The third-order valence-corrected chi connectivity index (χ3v) is 5.02. The van der Waals surface area contributed by atoms with E-state index < -0.39 is 0 Å². The number of methoxy groups -OCH3 is 1. The van der Waals surface area contributed by atoms with Gasteiger partial charge in [0, 0.05) is 33.2 Å². The van der Waals surface area contributed by atoms with Gasteiger partial charge in [-0.3, -0.25) is 4.99 Å². The molecule has 0 spiro atoms. The molecule has 1 atom stereocenters. The number of benzene rings is 1. The molecule has 29 heavy (non-hydrogen) atoms. The van der Waals surface area contributed by atoms with E-state index in [2.05, 4.69) is 70.7 Å². The molecule has 1 unspecified atom stereocenters. The lowest BCUT2D eigenvalue weighted by Crippen LogP contribution is -2.46. The van der Waals surface area contributed by atoms with Crippen molar-refractivity contribution in [3.05, 3.63) is 47.0 Å². The first-order valence-corrected chi connectivity index (χ1v) is 9.87. The minimum Gasteiger partial charge on any atom is -0.377 e. The van der Waals surface area contributed by atoms with Gasteiger partial charge < -0.3 is 15.4 Å². The van der Waals surface area contributed by atoms with Gasteiger partial charge in [-0.2, -0.15) is 5.10 Å². The Balaban J connectivity index is 0.00000300. The highest BCUT2D eigenvalue weighted by Gasteiger charge is 2.22. The molecular weight excluding hydrogens is 479 g/mol. The fourth-order valence-electron chi connectivity index (χ4n) is 3.37. The molecule has 0 fully saturated rings. The molecular formula is C21H33IN6O. The molecule has 0 amide bonds. The molecule has 0 radical (unpaired) electrons. The van der Waals surface area contributed by atoms with Crippen LogP contribution in [0.15, 0.2) is 29.3 Å². The number of guanidine groups is 1. The van der Waals surface area contributed by atoms with Crippen LogP contribution in [0.1, 0.15) is 50.0 Å². The maximum atomic E-state index is 5.13. The van der Waals surface area contributed by atoms with Crippen LogP contribution in [-0.4, -0.2) is 40.9 Å². The van der Waals surface area contributed by atoms with Crippen molar-refractivity contribution in [2.24, 2.45) is 4.99 Å². The molecule has 8 heteroatoms. The van der Waals surface area contributed by atoms with Gasteiger partial charge in [0.05, 0.1) is 6.54 Å². The Kier molecular flexibility index (Phi) is 8.45. The van der Waals surface area contributed by atoms with Crippen molar-refractivity contribution in [1.29, 1.82) is 0 Å². The molecule has 2 N–H and O–H groups in total. The summed E-state index contributed by atoms with van der Waals surface area (Å²) in [5, 5.41) is 11.5. The molecule has 160 valence electrons. The second kappa shape index (κ2) is 10.4. The number of ether oxygens (including phenoxy) is 1. The number of aliphatic imine (C=N–C) groups is 1. The number of aromatic nitrogens is 3. The van der Waals surface area contributed by atoms with E-state index in [1.165, 1.54) is 11.1 Å². The normalized spacial score (nSPS) is 16.7. The second-order valence-corrected chi connectivity index (χ2v) is 8.31. The van der Waals surface area contributed by atoms with Crippen molar-refractivity contribution in [1.82, 2.24) is 25.4 Å². The van der Waals surface area contributed by atoms with Crippen molar-refractivity contribution in [3.8, 4) is 0 Å². The lowest BCUT2D eigenvalue weighted by atomic mass is 9.87. The highest BCUT2D eigenvalue weighted by molar-refractivity contribution is 14.0. The van der Waals surface area contributed by atoms with Crippen molar-refractivity contribution in [3.63, 3.8) is 0 Å². The first-order chi connectivity index (χ1) is 13.4. The van der Waals surface area contributed by atoms with Crippen LogP contribution in [0.2, 0.25) is 0 Å². The molecule has 0 aliphatic carbocycles. The average molecular weight is 512 g/mol. The first-order valence-electron chi connectivity index (χ1n) is 9.87. The van der Waals surface area contributed by atoms with Crippen LogP contribution in [0.3, 0.4) is 0 Å². The molecule has 1 aliphatic rings. The highest BCUT2D eigenvalue weighted by Crippen LogP contribution is 2.22. The summed E-state index contributed by atoms with van der Waals surface area (Å²) in [7, 11) is 3.47. The van der Waals surface area contributed by atoms with E-state index in [4.69, 9.17) is 4.74 Å². The topological polar surface area (TPSA) is 76.4 Å². The van der Waals surface area contributed by atoms with E-state index in [0.29, 0.717) is 6.61 Å². The first kappa shape index (κ1) is 23.6. The largest absolute Gasteiger partial charge is 0.377 e. The third-order valence-electron chi connectivity index (χ3n) is 5.02. The maximum absolute atomic E-state index is 5.13. The minimum absolute atomic E-state index is 0. The zero-order chi connectivity index (χ0) is 20.1. The third kappa shape index (κ3) is 6.40. The quantitative estimate of drug-likeness (QED) is 0.366. The van der Waals surface area contributed by atoms with Crippen molar-refractivity contribution >= 4 is 29.9 Å². The van der Waals surface area contributed by atoms with Crippen LogP contribution in [0.25, 0.3) is 0 Å². The summed E-state index contributed by atoms with van der Waals surface area (Å²) in [5.41, 5.74) is 2.76. The van der Waals surface area contributed by atoms with Crippen molar-refractivity contribution in [2.75, 3.05) is 14.2 Å². The van der Waals surface area contributed by atoms with E-state index in [9.17, 15) is 0 Å². The Morgan fingerprint density at radius 3 is 2.62 bits per heavy atom. The van der Waals surface area contributed by atoms with E-state index in [0.717, 1.165) is 43.5 Å². The van der Waals surface area contributed by atoms with Gasteiger partial charge in [-0.25, -0.2) is 9.67 Å². The van der Waals surface area contributed by atoms with Crippen LogP contribution in [0, 0.1) is 0 Å². The molecule has 1 aliphatic heterocycles. The number of nitrogens with zero attached hydrogens (tertiary/aromatic N) is 4. The standard InChI is InChI=1S/C21H32N6O.HI/c1-21(2,3)16-8-6-15(7-9-16)12-23-20(22-4)24-17-10-11-19-25-18(14-28-5)26-27(19)13-17;/h6-9,17H,10-14H2,1-5H3,(H2,22,23,24);1H. The van der Waals surface area contributed by atoms with Gasteiger partial charge in [0.2, 0.25) is 0 Å². The smallest absolute Gasteiger partial charge is 0.191 e. The lowest BCUT2D eigenvalue weighted by Gasteiger charge is -2.25. The van der Waals surface area contributed by atoms with Crippen molar-refractivity contribution < 1.29 is 4.74 Å². The van der Waals surface area contributed by atoms with Crippen LogP contribution >= 0.6 is 24.0 Å². The summed E-state index contributed by atoms with van der Waals surface area (Å²) >= 11 is 0. The van der Waals surface area contributed by atoms with Gasteiger partial charge in [-0.1, -0.05) is 45.0 Å². The highest BCUT2D eigenvalue weighted by atomic mass is 127. The Morgan fingerprint density at radius 1 is 1.28 bits per heavy atom. The number of halogens is 1. The predicted molar refractivity (Wildman–Crippen MR) is 127 cm³/mol. The molecule has 3 rings (SSSR count). The summed E-state index contributed by atoms with van der Waals surface area (Å²) in [6.07, 6.45) is 1.91. The van der Waals surface area contributed by atoms with Crippen LogP contribution in [0.4, 0.5) is 0 Å². The Hall–Kier alpha value is -1.68. The fraction of sp³-hybridized carbons (Fsp3) is 0.571. The summed E-state index contributed by atoms with van der Waals surface area (Å²) in [6.45, 7) is 8.67. The number of fused-ring (bicyclic) bond motifs is 1. The number of nitrogens with one attached hydrogen (secondary N) is 2. The maximum Gasteiger partial charge on any atom is 0.191 e. The summed E-state index contributed by atoms with van der Waals surface area (Å²) in [5.74, 6) is 2.59. The number of rotatable bonds is 5. The number of hydrogen-bond donors (Lipinski definition) is 2. The van der Waals surface area contributed by atoms with Gasteiger partial charge in [-0.05, 0) is 23.0 Å². The average Bonchev–Trinajstić information content (AvgIpc) is 3.06. The summed E-state index contributed by atoms with van der Waals surface area (Å²) < 4.78 is 7.11. The van der Waals surface area contributed by atoms with Gasteiger partial charge in [0.1, 0.15) is 12.4 Å². The van der Waals surface area contributed by atoms with Crippen LogP contribution in [-0.2, 0) is 36.3 Å². The van der Waals surface area contributed by atoms with Crippen LogP contribution in [0.5, 0.6) is 0 Å². The van der Waals surface area contributed by atoms with E-state index in [-0.39, 0.29) is 35.4 Å². The molecule has 2 heterocycles. The predicted octanol–water partition coefficient (Wildman–Crippen LogP) is 3.02. The van der Waals surface area contributed by atoms with Gasteiger partial charge >= 0.3 is 0 Å². The Labute approximate surface area is 190 Å². The second-order valence-electron chi connectivity index (χ2n) is 8.31. The molecule has 1 aromatic carbocycles. The fourth-order valence-corrected chi connectivity index (χ4v) is 3.37. The zero-order valence-electron chi connectivity index (χ0n) is 18.0. The van der Waals surface area contributed by atoms with E-state index in [1.54, 1.807) is 14.2 Å². The van der Waals surface area contributed by atoms with Crippen molar-refractivity contribution in [2.45, 2.75) is 64.8 Å². The van der Waals surface area contributed by atoms with E-state index >= 15 is 0 Å². The summed E-state index contributed by atoms with van der Waals surface area (Å²) in [4.78, 5) is 8.90. The Morgan fingerprint density at radius 2 is 2.00 bits per heavy atom. The number of aryl methyl sites for hydroxylation is 1. The molecule has 0 saturated carbocycles. The van der Waals surface area contributed by atoms with Crippen LogP contribution < -0.4 is 10.6 Å². The van der Waals surface area contributed by atoms with Gasteiger partial charge in [0.25, 0.3) is 0 Å². The summed E-state index contributed by atoms with van der Waals surface area (Å²) in [6, 6.07) is 9.05. The monoisotopic (exact) mass is 512 g/mol. The molecule has 0 saturated heterocycles. The van der Waals surface area contributed by atoms with Gasteiger partial charge in [-0.15, -0.1) is 24.0 Å². The SMILES string of the molecule is CN=C(NCc1ccc(C(C)(C)C)cc1)NC1CCc2nc(COC)nn2C1.I. The molecule has 0 bridgehead atoms. The molecule has 7 nitrogen and oxygen atoms in total. The number of hydrogen-bond acceptors (Lipinski definition) is 4. The molecule has 1 aromatic heterocycles. The Bertz CT molecular complexity index is 810. The zero-order valence-corrected chi connectivity index (χ0v) is 20.4.